The number of nitrogen functional groups attached to an aromatic ring is 1. The number of ketones is 1. The largest absolute Gasteiger partial charge is 0.399 e. The van der Waals surface area contributed by atoms with Gasteiger partial charge < -0.3 is 10.6 Å². The van der Waals surface area contributed by atoms with Crippen molar-refractivity contribution < 1.29 is 9.59 Å². The van der Waals surface area contributed by atoms with Crippen molar-refractivity contribution in [3.63, 3.8) is 0 Å². The van der Waals surface area contributed by atoms with Crippen molar-refractivity contribution in [3.8, 4) is 0 Å². The molecule has 0 bridgehead atoms. The first-order chi connectivity index (χ1) is 9.66. The minimum absolute atomic E-state index is 0.0135. The second-order valence-electron chi connectivity index (χ2n) is 5.34. The van der Waals surface area contributed by atoms with Crippen LogP contribution in [0.2, 0.25) is 0 Å². The van der Waals surface area contributed by atoms with Gasteiger partial charge >= 0.3 is 0 Å². The van der Waals surface area contributed by atoms with Crippen LogP contribution in [-0.2, 0) is 4.79 Å². The molecule has 1 fully saturated rings. The van der Waals surface area contributed by atoms with Crippen molar-refractivity contribution in [3.05, 3.63) is 29.8 Å². The van der Waals surface area contributed by atoms with E-state index in [-0.39, 0.29) is 18.1 Å². The van der Waals surface area contributed by atoms with E-state index in [1.54, 1.807) is 24.3 Å². The summed E-state index contributed by atoms with van der Waals surface area (Å²) in [6.45, 7) is 1.68. The number of likely N-dealkylation sites (tertiary alicyclic amines) is 1. The maximum atomic E-state index is 12.1. The molecular weight excluding hydrogens is 252 g/mol. The summed E-state index contributed by atoms with van der Waals surface area (Å²) in [5, 5.41) is 0. The Bertz CT molecular complexity index is 477. The quantitative estimate of drug-likeness (QED) is 0.678. The van der Waals surface area contributed by atoms with Crippen molar-refractivity contribution in [1.82, 2.24) is 4.90 Å². The van der Waals surface area contributed by atoms with Gasteiger partial charge in [-0.1, -0.05) is 25.0 Å². The molecule has 1 aromatic carbocycles. The van der Waals surface area contributed by atoms with Crippen molar-refractivity contribution in [1.29, 1.82) is 0 Å². The molecule has 2 N–H and O–H groups in total. The van der Waals surface area contributed by atoms with Gasteiger partial charge in [-0.15, -0.1) is 0 Å². The highest BCUT2D eigenvalue weighted by atomic mass is 16.2. The van der Waals surface area contributed by atoms with Gasteiger partial charge in [-0.3, -0.25) is 9.59 Å². The van der Waals surface area contributed by atoms with Crippen LogP contribution in [0.5, 0.6) is 0 Å². The average molecular weight is 274 g/mol. The molecule has 20 heavy (non-hydrogen) atoms. The van der Waals surface area contributed by atoms with Crippen molar-refractivity contribution >= 4 is 17.4 Å². The summed E-state index contributed by atoms with van der Waals surface area (Å²) in [5.74, 6) is 0.0876. The third-order valence-corrected chi connectivity index (χ3v) is 3.73. The van der Waals surface area contributed by atoms with Crippen molar-refractivity contribution in [2.45, 2.75) is 38.5 Å². The monoisotopic (exact) mass is 274 g/mol. The fraction of sp³-hybridized carbons (Fsp3) is 0.500. The second kappa shape index (κ2) is 7.08. The number of hydrogen-bond acceptors (Lipinski definition) is 3. The number of amides is 1. The molecule has 1 aliphatic rings. The molecule has 4 nitrogen and oxygen atoms in total. The summed E-state index contributed by atoms with van der Waals surface area (Å²) in [5.41, 5.74) is 6.83. The van der Waals surface area contributed by atoms with E-state index in [9.17, 15) is 9.59 Å². The molecule has 4 heteroatoms. The summed E-state index contributed by atoms with van der Waals surface area (Å²) < 4.78 is 0. The molecule has 1 saturated heterocycles. The number of nitrogens with two attached hydrogens (primary N) is 1. The molecule has 0 unspecified atom stereocenters. The zero-order valence-corrected chi connectivity index (χ0v) is 11.8. The zero-order chi connectivity index (χ0) is 14.4. The molecule has 1 heterocycles. The van der Waals surface area contributed by atoms with E-state index < -0.39 is 0 Å². The lowest BCUT2D eigenvalue weighted by molar-refractivity contribution is -0.131. The number of benzene rings is 1. The number of Topliss-reactive ketones (excluding diaryl/α,β-unsaturated/α-hetero) is 1. The summed E-state index contributed by atoms with van der Waals surface area (Å²) in [4.78, 5) is 26.0. The van der Waals surface area contributed by atoms with Gasteiger partial charge in [0.15, 0.2) is 5.78 Å². The van der Waals surface area contributed by atoms with Crippen LogP contribution < -0.4 is 5.73 Å². The Morgan fingerprint density at radius 2 is 1.75 bits per heavy atom. The third kappa shape index (κ3) is 4.08. The van der Waals surface area contributed by atoms with E-state index in [1.165, 1.54) is 12.8 Å². The molecule has 108 valence electrons. The normalized spacial score (nSPS) is 15.7. The smallest absolute Gasteiger partial charge is 0.223 e. The number of carbonyl (C=O) groups is 2. The Labute approximate surface area is 119 Å². The predicted octanol–water partition coefficient (Wildman–Crippen LogP) is 2.63. The van der Waals surface area contributed by atoms with E-state index in [2.05, 4.69) is 0 Å². The van der Waals surface area contributed by atoms with E-state index in [0.717, 1.165) is 25.9 Å². The average Bonchev–Trinajstić information content (AvgIpc) is 2.73. The fourth-order valence-electron chi connectivity index (χ4n) is 2.56. The summed E-state index contributed by atoms with van der Waals surface area (Å²) in [6, 6.07) is 6.92. The lowest BCUT2D eigenvalue weighted by Gasteiger charge is -2.20. The Morgan fingerprint density at radius 3 is 2.40 bits per heavy atom. The molecule has 1 aromatic rings. The van der Waals surface area contributed by atoms with E-state index >= 15 is 0 Å². The minimum Gasteiger partial charge on any atom is -0.399 e. The number of carbonyl (C=O) groups excluding carboxylic acids is 2. The van der Waals surface area contributed by atoms with E-state index in [0.29, 0.717) is 17.7 Å². The third-order valence-electron chi connectivity index (χ3n) is 3.73. The Hall–Kier alpha value is -1.84. The maximum absolute atomic E-state index is 12.1. The molecule has 1 aliphatic heterocycles. The number of rotatable bonds is 4. The zero-order valence-electron chi connectivity index (χ0n) is 11.8. The van der Waals surface area contributed by atoms with Gasteiger partial charge in [0.05, 0.1) is 0 Å². The number of hydrogen-bond donors (Lipinski definition) is 1. The molecule has 0 aromatic heterocycles. The number of anilines is 1. The molecule has 0 spiro atoms. The lowest BCUT2D eigenvalue weighted by atomic mass is 10.1. The molecule has 0 aliphatic carbocycles. The molecular formula is C16H22N2O2. The van der Waals surface area contributed by atoms with Crippen molar-refractivity contribution in [2.75, 3.05) is 18.8 Å². The summed E-state index contributed by atoms with van der Waals surface area (Å²) >= 11 is 0. The van der Waals surface area contributed by atoms with Gasteiger partial charge in [-0.2, -0.15) is 0 Å². The fourth-order valence-corrected chi connectivity index (χ4v) is 2.56. The highest BCUT2D eigenvalue weighted by Crippen LogP contribution is 2.13. The number of nitrogens with zero attached hydrogens (tertiary/aromatic N) is 1. The molecule has 1 amide bonds. The van der Waals surface area contributed by atoms with E-state index in [4.69, 9.17) is 5.73 Å². The van der Waals surface area contributed by atoms with Crippen LogP contribution in [0.4, 0.5) is 5.69 Å². The van der Waals surface area contributed by atoms with Gasteiger partial charge in [0.2, 0.25) is 5.91 Å². The molecule has 0 radical (unpaired) electrons. The maximum Gasteiger partial charge on any atom is 0.223 e. The standard InChI is InChI=1S/C16H22N2O2/c17-14-7-5-6-13(12-14)15(19)8-9-16(20)18-10-3-1-2-4-11-18/h5-7,12H,1-4,8-11,17H2. The van der Waals surface area contributed by atoms with Crippen LogP contribution in [0.15, 0.2) is 24.3 Å². The molecule has 0 saturated carbocycles. The Kier molecular flexibility index (Phi) is 5.16. The predicted molar refractivity (Wildman–Crippen MR) is 79.5 cm³/mol. The van der Waals surface area contributed by atoms with Crippen molar-refractivity contribution in [2.24, 2.45) is 0 Å². The van der Waals surface area contributed by atoms with Gasteiger partial charge in [-0.25, -0.2) is 0 Å². The van der Waals surface area contributed by atoms with Gasteiger partial charge in [-0.05, 0) is 25.0 Å². The minimum atomic E-state index is -0.0135. The van der Waals surface area contributed by atoms with Crippen LogP contribution in [0.1, 0.15) is 48.9 Å². The van der Waals surface area contributed by atoms with Crippen LogP contribution in [0.3, 0.4) is 0 Å². The molecule has 2 rings (SSSR count). The lowest BCUT2D eigenvalue weighted by Crippen LogP contribution is -2.32. The topological polar surface area (TPSA) is 63.4 Å². The first-order valence-electron chi connectivity index (χ1n) is 7.33. The SMILES string of the molecule is Nc1cccc(C(=O)CCC(=O)N2CCCCCC2)c1. The van der Waals surface area contributed by atoms with Gasteiger partial charge in [0, 0.05) is 37.2 Å². The summed E-state index contributed by atoms with van der Waals surface area (Å²) in [7, 11) is 0. The Morgan fingerprint density at radius 1 is 1.05 bits per heavy atom. The summed E-state index contributed by atoms with van der Waals surface area (Å²) in [6.07, 6.45) is 5.12. The second-order valence-corrected chi connectivity index (χ2v) is 5.34. The first-order valence-corrected chi connectivity index (χ1v) is 7.33. The van der Waals surface area contributed by atoms with Gasteiger partial charge in [0.25, 0.3) is 0 Å². The molecule has 0 atom stereocenters. The van der Waals surface area contributed by atoms with Gasteiger partial charge in [0.1, 0.15) is 0 Å². The Balaban J connectivity index is 1.84. The first kappa shape index (κ1) is 14.6. The van der Waals surface area contributed by atoms with Crippen LogP contribution in [0, 0.1) is 0 Å². The van der Waals surface area contributed by atoms with Crippen LogP contribution in [-0.4, -0.2) is 29.7 Å². The van der Waals surface area contributed by atoms with Crippen LogP contribution in [0.25, 0.3) is 0 Å². The van der Waals surface area contributed by atoms with E-state index in [1.807, 2.05) is 4.90 Å². The van der Waals surface area contributed by atoms with Crippen LogP contribution >= 0.6 is 0 Å². The highest BCUT2D eigenvalue weighted by molar-refractivity contribution is 5.98. The highest BCUT2D eigenvalue weighted by Gasteiger charge is 2.17.